The fraction of sp³-hybridized carbons (Fsp3) is 0.435. The number of carbonyl (C=O) groups excluding carboxylic acids is 2. The van der Waals surface area contributed by atoms with E-state index in [1.165, 1.54) is 26.5 Å². The molecule has 31 heavy (non-hydrogen) atoms. The third kappa shape index (κ3) is 3.83. The van der Waals surface area contributed by atoms with E-state index in [4.69, 9.17) is 9.47 Å². The van der Waals surface area contributed by atoms with Crippen molar-refractivity contribution in [3.05, 3.63) is 47.2 Å². The minimum atomic E-state index is -1.01. The first kappa shape index (κ1) is 21.1. The molecular formula is C23H27N3O5. The van der Waals surface area contributed by atoms with Gasteiger partial charge in [0.15, 0.2) is 5.75 Å². The van der Waals surface area contributed by atoms with Gasteiger partial charge in [-0.1, -0.05) is 12.1 Å². The van der Waals surface area contributed by atoms with Crippen LogP contribution >= 0.6 is 0 Å². The van der Waals surface area contributed by atoms with Crippen LogP contribution in [0, 0.1) is 5.92 Å². The summed E-state index contributed by atoms with van der Waals surface area (Å²) in [5.41, 5.74) is 0.964. The highest BCUT2D eigenvalue weighted by Gasteiger charge is 2.48. The SMILES string of the molecule is COc1nccc(C(=O)Nc2cccc3c2C(=O)N([C@@H](C2CC2)C(C)(C)O)C3)c1OC. The van der Waals surface area contributed by atoms with Crippen LogP contribution in [-0.4, -0.2) is 52.7 Å². The molecule has 1 saturated carbocycles. The summed E-state index contributed by atoms with van der Waals surface area (Å²) in [6.07, 6.45) is 3.46. The number of hydrogen-bond donors (Lipinski definition) is 2. The number of amides is 2. The zero-order valence-corrected chi connectivity index (χ0v) is 18.1. The molecule has 1 fully saturated rings. The van der Waals surface area contributed by atoms with Gasteiger partial charge in [-0.05, 0) is 50.3 Å². The Morgan fingerprint density at radius 3 is 2.61 bits per heavy atom. The molecule has 2 aliphatic rings. The monoisotopic (exact) mass is 425 g/mol. The predicted molar refractivity (Wildman–Crippen MR) is 114 cm³/mol. The van der Waals surface area contributed by atoms with E-state index in [0.29, 0.717) is 23.7 Å². The first-order chi connectivity index (χ1) is 14.8. The maximum absolute atomic E-state index is 13.4. The standard InChI is InChI=1S/C23H27N3O5/c1-23(2,29)19(13-8-9-13)26-12-14-6-5-7-16(17(14)22(26)28)25-20(27)15-10-11-24-21(31-4)18(15)30-3/h5-7,10-11,13,19,29H,8-9,12H2,1-4H3,(H,25,27)/t19-/m0/s1. The molecule has 1 aliphatic heterocycles. The Labute approximate surface area is 181 Å². The number of hydrogen-bond acceptors (Lipinski definition) is 6. The lowest BCUT2D eigenvalue weighted by atomic mass is 9.93. The molecule has 0 spiro atoms. The molecule has 0 unspecified atom stereocenters. The van der Waals surface area contributed by atoms with Crippen molar-refractivity contribution < 1.29 is 24.2 Å². The highest BCUT2D eigenvalue weighted by Crippen LogP contribution is 2.43. The molecule has 0 saturated heterocycles. The van der Waals surface area contributed by atoms with Crippen LogP contribution in [0.5, 0.6) is 11.6 Å². The number of methoxy groups -OCH3 is 2. The molecule has 164 valence electrons. The van der Waals surface area contributed by atoms with Crippen LogP contribution in [0.25, 0.3) is 0 Å². The molecule has 0 radical (unpaired) electrons. The number of ether oxygens (including phenoxy) is 2. The van der Waals surface area contributed by atoms with Gasteiger partial charge in [-0.25, -0.2) is 4.98 Å². The van der Waals surface area contributed by atoms with E-state index in [2.05, 4.69) is 10.3 Å². The molecule has 8 heteroatoms. The minimum Gasteiger partial charge on any atom is -0.491 e. The number of aliphatic hydroxyl groups is 1. The van der Waals surface area contributed by atoms with Crippen molar-refractivity contribution in [2.75, 3.05) is 19.5 Å². The smallest absolute Gasteiger partial charge is 0.259 e. The normalized spacial score (nSPS) is 16.7. The minimum absolute atomic E-state index is 0.177. The largest absolute Gasteiger partial charge is 0.491 e. The summed E-state index contributed by atoms with van der Waals surface area (Å²) in [6, 6.07) is 6.67. The number of rotatable bonds is 7. The van der Waals surface area contributed by atoms with Crippen molar-refractivity contribution in [1.29, 1.82) is 0 Å². The second-order valence-electron chi connectivity index (χ2n) is 8.56. The lowest BCUT2D eigenvalue weighted by Gasteiger charge is -2.37. The average Bonchev–Trinajstić information content (AvgIpc) is 3.50. The lowest BCUT2D eigenvalue weighted by Crippen LogP contribution is -2.51. The second-order valence-corrected chi connectivity index (χ2v) is 8.56. The molecule has 2 amide bonds. The number of benzene rings is 1. The maximum atomic E-state index is 13.4. The first-order valence-electron chi connectivity index (χ1n) is 10.3. The summed E-state index contributed by atoms with van der Waals surface area (Å²) in [7, 11) is 2.88. The van der Waals surface area contributed by atoms with Gasteiger partial charge in [-0.15, -0.1) is 0 Å². The van der Waals surface area contributed by atoms with Crippen molar-refractivity contribution in [2.45, 2.75) is 44.9 Å². The Bertz CT molecular complexity index is 1030. The van der Waals surface area contributed by atoms with Crippen LogP contribution in [0.2, 0.25) is 0 Å². The molecule has 1 atom stereocenters. The Morgan fingerprint density at radius 2 is 2.00 bits per heavy atom. The Hall–Kier alpha value is -3.13. The number of fused-ring (bicyclic) bond motifs is 1. The van der Waals surface area contributed by atoms with Crippen molar-refractivity contribution in [1.82, 2.24) is 9.88 Å². The number of aromatic nitrogens is 1. The van der Waals surface area contributed by atoms with Gasteiger partial charge in [0.05, 0.1) is 42.7 Å². The molecule has 1 aromatic heterocycles. The maximum Gasteiger partial charge on any atom is 0.259 e. The zero-order valence-electron chi connectivity index (χ0n) is 18.1. The lowest BCUT2D eigenvalue weighted by molar-refractivity contribution is -0.0224. The Morgan fingerprint density at radius 1 is 1.26 bits per heavy atom. The highest BCUT2D eigenvalue weighted by molar-refractivity contribution is 6.11. The number of carbonyl (C=O) groups is 2. The van der Waals surface area contributed by atoms with E-state index in [-0.39, 0.29) is 29.1 Å². The Kier molecular flexibility index (Phi) is 5.35. The van der Waals surface area contributed by atoms with Crippen LogP contribution < -0.4 is 14.8 Å². The van der Waals surface area contributed by atoms with Crippen molar-refractivity contribution >= 4 is 17.5 Å². The number of pyridine rings is 1. The van der Waals surface area contributed by atoms with Crippen LogP contribution in [0.1, 0.15) is 53.0 Å². The van der Waals surface area contributed by atoms with E-state index in [1.807, 2.05) is 12.1 Å². The number of nitrogens with zero attached hydrogens (tertiary/aromatic N) is 2. The molecule has 2 aromatic rings. The molecule has 4 rings (SSSR count). The fourth-order valence-electron chi connectivity index (χ4n) is 4.48. The van der Waals surface area contributed by atoms with Gasteiger partial charge in [-0.3, -0.25) is 9.59 Å². The van der Waals surface area contributed by atoms with Crippen molar-refractivity contribution in [3.63, 3.8) is 0 Å². The number of nitrogens with one attached hydrogen (secondary N) is 1. The summed E-state index contributed by atoms with van der Waals surface area (Å²) in [5, 5.41) is 13.6. The summed E-state index contributed by atoms with van der Waals surface area (Å²) >= 11 is 0. The van der Waals surface area contributed by atoms with Gasteiger partial charge in [0.25, 0.3) is 17.7 Å². The molecule has 0 bridgehead atoms. The molecular weight excluding hydrogens is 398 g/mol. The molecule has 1 aromatic carbocycles. The van der Waals surface area contributed by atoms with Gasteiger partial charge in [0.1, 0.15) is 0 Å². The van der Waals surface area contributed by atoms with Crippen LogP contribution in [0.3, 0.4) is 0 Å². The molecule has 8 nitrogen and oxygen atoms in total. The van der Waals surface area contributed by atoms with E-state index in [0.717, 1.165) is 18.4 Å². The van der Waals surface area contributed by atoms with Gasteiger partial charge in [0.2, 0.25) is 0 Å². The predicted octanol–water partition coefficient (Wildman–Crippen LogP) is 2.86. The quantitative estimate of drug-likeness (QED) is 0.708. The van der Waals surface area contributed by atoms with Gasteiger partial charge in [0, 0.05) is 12.7 Å². The molecule has 1 aliphatic carbocycles. The Balaban J connectivity index is 1.64. The average molecular weight is 425 g/mol. The van der Waals surface area contributed by atoms with Gasteiger partial charge >= 0.3 is 0 Å². The van der Waals surface area contributed by atoms with Crippen LogP contribution in [0.15, 0.2) is 30.5 Å². The summed E-state index contributed by atoms with van der Waals surface area (Å²) in [6.45, 7) is 3.91. The molecule has 2 N–H and O–H groups in total. The van der Waals surface area contributed by atoms with Gasteiger partial charge < -0.3 is 24.8 Å². The second kappa shape index (κ2) is 7.85. The molecule has 2 heterocycles. The van der Waals surface area contributed by atoms with Gasteiger partial charge in [-0.2, -0.15) is 0 Å². The number of anilines is 1. The van der Waals surface area contributed by atoms with Crippen molar-refractivity contribution in [3.8, 4) is 11.6 Å². The zero-order chi connectivity index (χ0) is 22.3. The third-order valence-electron chi connectivity index (χ3n) is 5.86. The van der Waals surface area contributed by atoms with Crippen molar-refractivity contribution in [2.24, 2.45) is 5.92 Å². The van der Waals surface area contributed by atoms with Crippen LogP contribution in [0.4, 0.5) is 5.69 Å². The summed E-state index contributed by atoms with van der Waals surface area (Å²) < 4.78 is 10.5. The van der Waals surface area contributed by atoms with E-state index < -0.39 is 11.5 Å². The topological polar surface area (TPSA) is 101 Å². The first-order valence-corrected chi connectivity index (χ1v) is 10.3. The van der Waals surface area contributed by atoms with E-state index in [1.54, 1.807) is 24.8 Å². The van der Waals surface area contributed by atoms with Crippen LogP contribution in [-0.2, 0) is 6.54 Å². The van der Waals surface area contributed by atoms with E-state index in [9.17, 15) is 14.7 Å². The van der Waals surface area contributed by atoms with E-state index >= 15 is 0 Å². The third-order valence-corrected chi connectivity index (χ3v) is 5.86. The summed E-state index contributed by atoms with van der Waals surface area (Å²) in [5.74, 6) is 0.111. The fourth-order valence-corrected chi connectivity index (χ4v) is 4.48. The highest BCUT2D eigenvalue weighted by atomic mass is 16.5. The summed E-state index contributed by atoms with van der Waals surface area (Å²) in [4.78, 5) is 32.2.